The molecule has 18 heavy (non-hydrogen) atoms. The zero-order chi connectivity index (χ0) is 13.1. The average molecular weight is 238 g/mol. The minimum absolute atomic E-state index is 0.703. The van der Waals surface area contributed by atoms with Gasteiger partial charge in [-0.05, 0) is 24.1 Å². The quantitative estimate of drug-likeness (QED) is 0.819. The highest BCUT2D eigenvalue weighted by Gasteiger charge is 2.21. The van der Waals surface area contributed by atoms with E-state index in [9.17, 15) is 0 Å². The molecule has 1 aliphatic rings. The molecule has 0 bridgehead atoms. The van der Waals surface area contributed by atoms with E-state index in [0.29, 0.717) is 12.2 Å². The number of rotatable bonds is 3. The van der Waals surface area contributed by atoms with E-state index >= 15 is 0 Å². The summed E-state index contributed by atoms with van der Waals surface area (Å²) >= 11 is 0. The second-order valence-corrected chi connectivity index (χ2v) is 4.34. The van der Waals surface area contributed by atoms with Gasteiger partial charge in [-0.25, -0.2) is 0 Å². The predicted molar refractivity (Wildman–Crippen MR) is 77.3 cm³/mol. The zero-order valence-corrected chi connectivity index (χ0v) is 10.7. The summed E-state index contributed by atoms with van der Waals surface area (Å²) in [6.45, 7) is 10.6. The van der Waals surface area contributed by atoms with E-state index in [1.54, 1.807) is 0 Å². The fraction of sp³-hybridized carbons (Fsp3) is 0.125. The highest BCUT2D eigenvalue weighted by Crippen LogP contribution is 2.32. The van der Waals surface area contributed by atoms with Gasteiger partial charge in [0.1, 0.15) is 0 Å². The summed E-state index contributed by atoms with van der Waals surface area (Å²) in [5, 5.41) is 0. The van der Waals surface area contributed by atoms with E-state index in [0.717, 1.165) is 17.0 Å². The number of allylic oxidation sites excluding steroid dienone is 2. The largest absolute Gasteiger partial charge is 0.397 e. The van der Waals surface area contributed by atoms with Gasteiger partial charge in [-0.3, -0.25) is 0 Å². The van der Waals surface area contributed by atoms with Gasteiger partial charge < -0.3 is 10.6 Å². The van der Waals surface area contributed by atoms with Gasteiger partial charge >= 0.3 is 0 Å². The molecule has 2 rings (SSSR count). The van der Waals surface area contributed by atoms with Crippen molar-refractivity contribution in [3.8, 4) is 0 Å². The monoisotopic (exact) mass is 238 g/mol. The summed E-state index contributed by atoms with van der Waals surface area (Å²) in [6, 6.07) is 10.3. The Kier molecular flexibility index (Phi) is 3.38. The third-order valence-electron chi connectivity index (χ3n) is 3.03. The first-order valence-corrected chi connectivity index (χ1v) is 5.96. The minimum Gasteiger partial charge on any atom is -0.397 e. The maximum Gasteiger partial charge on any atom is 0.0574 e. The molecular formula is C16H18N2. The van der Waals surface area contributed by atoms with Gasteiger partial charge in [0.15, 0.2) is 0 Å². The van der Waals surface area contributed by atoms with E-state index in [4.69, 9.17) is 5.73 Å². The van der Waals surface area contributed by atoms with Crippen LogP contribution in [-0.4, -0.2) is 11.4 Å². The van der Waals surface area contributed by atoms with Crippen LogP contribution in [0.1, 0.15) is 12.5 Å². The van der Waals surface area contributed by atoms with Crippen molar-refractivity contribution in [2.24, 2.45) is 5.73 Å². The van der Waals surface area contributed by atoms with Gasteiger partial charge in [-0.1, -0.05) is 43.0 Å². The second-order valence-electron chi connectivity index (χ2n) is 4.34. The molecule has 0 radical (unpaired) electrons. The highest BCUT2D eigenvalue weighted by atomic mass is 15.2. The Hall–Kier alpha value is -2.22. The van der Waals surface area contributed by atoms with Gasteiger partial charge in [0.25, 0.3) is 0 Å². The lowest BCUT2D eigenvalue weighted by Gasteiger charge is -2.33. The Labute approximate surface area is 108 Å². The highest BCUT2D eigenvalue weighted by molar-refractivity contribution is 5.74. The number of nitrogens with zero attached hydrogens (tertiary/aromatic N) is 1. The third-order valence-corrected chi connectivity index (χ3v) is 3.03. The molecule has 2 heteroatoms. The van der Waals surface area contributed by atoms with E-state index in [-0.39, 0.29) is 0 Å². The van der Waals surface area contributed by atoms with Gasteiger partial charge in [-0.2, -0.15) is 0 Å². The molecule has 2 N–H and O–H groups in total. The first-order valence-electron chi connectivity index (χ1n) is 5.96. The normalized spacial score (nSPS) is 15.7. The molecule has 1 heterocycles. The Morgan fingerprint density at radius 3 is 2.56 bits per heavy atom. The number of nitrogens with two attached hydrogens (primary N) is 1. The zero-order valence-electron chi connectivity index (χ0n) is 10.7. The first-order chi connectivity index (χ1) is 8.65. The van der Waals surface area contributed by atoms with Crippen molar-refractivity contribution in [2.75, 3.05) is 6.54 Å². The fourth-order valence-corrected chi connectivity index (χ4v) is 2.20. The first kappa shape index (κ1) is 12.2. The Balaban J connectivity index is 2.55. The van der Waals surface area contributed by atoms with Crippen molar-refractivity contribution in [1.82, 2.24) is 4.90 Å². The van der Waals surface area contributed by atoms with Crippen molar-refractivity contribution < 1.29 is 0 Å². The summed E-state index contributed by atoms with van der Waals surface area (Å²) in [5.41, 5.74) is 11.0. The third kappa shape index (κ3) is 2.09. The molecule has 0 saturated heterocycles. The van der Waals surface area contributed by atoms with Crippen LogP contribution in [0.4, 0.5) is 0 Å². The molecule has 0 saturated carbocycles. The van der Waals surface area contributed by atoms with Gasteiger partial charge in [0, 0.05) is 6.54 Å². The average Bonchev–Trinajstić information content (AvgIpc) is 2.37. The van der Waals surface area contributed by atoms with E-state index in [2.05, 4.69) is 37.1 Å². The van der Waals surface area contributed by atoms with Crippen LogP contribution in [0.15, 0.2) is 72.6 Å². The molecule has 1 aliphatic heterocycles. The lowest BCUT2D eigenvalue weighted by atomic mass is 10.00. The van der Waals surface area contributed by atoms with Crippen LogP contribution >= 0.6 is 0 Å². The van der Waals surface area contributed by atoms with Crippen LogP contribution in [0.3, 0.4) is 0 Å². The number of hydrogen-bond donors (Lipinski definition) is 1. The molecule has 0 aliphatic carbocycles. The molecule has 2 nitrogen and oxygen atoms in total. The Bertz CT molecular complexity index is 535. The molecule has 0 unspecified atom stereocenters. The summed E-state index contributed by atoms with van der Waals surface area (Å²) in [4.78, 5) is 2.10. The van der Waals surface area contributed by atoms with Crippen molar-refractivity contribution in [3.05, 3.63) is 78.2 Å². The summed E-state index contributed by atoms with van der Waals surface area (Å²) in [6.07, 6.45) is 3.84. The van der Waals surface area contributed by atoms with Crippen molar-refractivity contribution >= 4 is 5.70 Å². The Morgan fingerprint density at radius 2 is 1.94 bits per heavy atom. The van der Waals surface area contributed by atoms with Crippen LogP contribution in [0.25, 0.3) is 5.70 Å². The second kappa shape index (κ2) is 4.96. The van der Waals surface area contributed by atoms with Crippen molar-refractivity contribution in [2.45, 2.75) is 6.92 Å². The minimum atomic E-state index is 0.703. The smallest absolute Gasteiger partial charge is 0.0574 e. The predicted octanol–water partition coefficient (Wildman–Crippen LogP) is 3.28. The van der Waals surface area contributed by atoms with Crippen LogP contribution < -0.4 is 5.73 Å². The van der Waals surface area contributed by atoms with Crippen molar-refractivity contribution in [3.63, 3.8) is 0 Å². The van der Waals surface area contributed by atoms with Crippen molar-refractivity contribution in [1.29, 1.82) is 0 Å². The van der Waals surface area contributed by atoms with Crippen LogP contribution in [-0.2, 0) is 0 Å². The van der Waals surface area contributed by atoms with Crippen LogP contribution in [0.5, 0.6) is 0 Å². The van der Waals surface area contributed by atoms with Gasteiger partial charge in [0.2, 0.25) is 0 Å². The van der Waals surface area contributed by atoms with Gasteiger partial charge in [-0.15, -0.1) is 6.58 Å². The molecule has 0 atom stereocenters. The summed E-state index contributed by atoms with van der Waals surface area (Å²) in [7, 11) is 0. The van der Waals surface area contributed by atoms with E-state index in [1.165, 1.54) is 5.56 Å². The summed E-state index contributed by atoms with van der Waals surface area (Å²) in [5.74, 6) is 0. The molecule has 0 fully saturated rings. The SMILES string of the molecule is C=CCN1C(=C)C(N)=CC(C)=C1c1ccccc1. The van der Waals surface area contributed by atoms with Crippen LogP contribution in [0, 0.1) is 0 Å². The molecule has 0 amide bonds. The maximum atomic E-state index is 5.98. The molecule has 92 valence electrons. The lowest BCUT2D eigenvalue weighted by molar-refractivity contribution is 0.543. The summed E-state index contributed by atoms with van der Waals surface area (Å²) < 4.78 is 0. The fourth-order valence-electron chi connectivity index (χ4n) is 2.20. The van der Waals surface area contributed by atoms with Crippen LogP contribution in [0.2, 0.25) is 0 Å². The lowest BCUT2D eigenvalue weighted by Crippen LogP contribution is -2.28. The maximum absolute atomic E-state index is 5.98. The number of benzene rings is 1. The number of hydrogen-bond acceptors (Lipinski definition) is 2. The topological polar surface area (TPSA) is 29.3 Å². The molecule has 0 aromatic heterocycles. The standard InChI is InChI=1S/C16H18N2/c1-4-10-18-13(3)15(17)11-12(2)16(18)14-8-6-5-7-9-14/h4-9,11H,1,3,10,17H2,2H3. The molecule has 1 aromatic carbocycles. The van der Waals surface area contributed by atoms with Gasteiger partial charge in [0.05, 0.1) is 17.1 Å². The molecule has 1 aromatic rings. The Morgan fingerprint density at radius 1 is 1.28 bits per heavy atom. The molecular weight excluding hydrogens is 220 g/mol. The van der Waals surface area contributed by atoms with E-state index in [1.807, 2.05) is 30.4 Å². The van der Waals surface area contributed by atoms with E-state index < -0.39 is 0 Å². The molecule has 0 spiro atoms.